The summed E-state index contributed by atoms with van der Waals surface area (Å²) in [5, 5.41) is 13.1. The lowest BCUT2D eigenvalue weighted by Crippen LogP contribution is -2.21. The summed E-state index contributed by atoms with van der Waals surface area (Å²) in [7, 11) is 1.57. The Labute approximate surface area is 160 Å². The number of halogens is 1. The van der Waals surface area contributed by atoms with E-state index in [1.54, 1.807) is 19.2 Å². The number of nitro groups is 1. The number of carbonyl (C=O) groups excluding carboxylic acids is 2. The van der Waals surface area contributed by atoms with Crippen LogP contribution in [0.15, 0.2) is 42.5 Å². The lowest BCUT2D eigenvalue weighted by Gasteiger charge is -2.08. The topological polar surface area (TPSA) is 108 Å². The molecule has 0 fully saturated rings. The molecule has 142 valence electrons. The molecule has 2 aromatic carbocycles. The van der Waals surface area contributed by atoms with Gasteiger partial charge in [-0.3, -0.25) is 19.7 Å². The third kappa shape index (κ3) is 6.27. The Balaban J connectivity index is 1.77. The maximum absolute atomic E-state index is 11.8. The van der Waals surface area contributed by atoms with E-state index in [9.17, 15) is 19.7 Å². The Kier molecular flexibility index (Phi) is 7.13. The molecule has 9 heteroatoms. The number of anilines is 1. The molecule has 0 aliphatic carbocycles. The van der Waals surface area contributed by atoms with Crippen molar-refractivity contribution in [1.29, 1.82) is 0 Å². The van der Waals surface area contributed by atoms with Gasteiger partial charge in [0, 0.05) is 18.6 Å². The summed E-state index contributed by atoms with van der Waals surface area (Å²) in [6.07, 6.45) is 0.594. The van der Waals surface area contributed by atoms with Gasteiger partial charge >= 0.3 is 5.97 Å². The van der Waals surface area contributed by atoms with Crippen molar-refractivity contribution < 1.29 is 24.0 Å². The lowest BCUT2D eigenvalue weighted by atomic mass is 10.1. The molecule has 1 amide bonds. The molecule has 0 heterocycles. The Bertz CT molecular complexity index is 838. The second kappa shape index (κ2) is 9.54. The Morgan fingerprint density at radius 1 is 1.19 bits per heavy atom. The number of nitro benzene ring substituents is 1. The molecule has 0 atom stereocenters. The van der Waals surface area contributed by atoms with Gasteiger partial charge in [0.1, 0.15) is 5.75 Å². The zero-order valence-electron chi connectivity index (χ0n) is 14.4. The molecule has 0 saturated carbocycles. The molecule has 1 N–H and O–H groups in total. The molecule has 0 radical (unpaired) electrons. The molecule has 2 aromatic rings. The van der Waals surface area contributed by atoms with Crippen molar-refractivity contribution in [3.05, 3.63) is 63.2 Å². The maximum Gasteiger partial charge on any atom is 0.306 e. The van der Waals surface area contributed by atoms with Gasteiger partial charge in [0.25, 0.3) is 11.6 Å². The van der Waals surface area contributed by atoms with E-state index >= 15 is 0 Å². The van der Waals surface area contributed by atoms with Crippen LogP contribution in [0.4, 0.5) is 11.4 Å². The van der Waals surface area contributed by atoms with E-state index < -0.39 is 23.4 Å². The maximum atomic E-state index is 11.8. The number of nitrogens with zero attached hydrogens (tertiary/aromatic N) is 1. The normalized spacial score (nSPS) is 10.1. The summed E-state index contributed by atoms with van der Waals surface area (Å²) in [6, 6.07) is 10.9. The highest BCUT2D eigenvalue weighted by atomic mass is 35.5. The quantitative estimate of drug-likeness (QED) is 0.419. The summed E-state index contributed by atoms with van der Waals surface area (Å²) in [5.41, 5.74) is 0.944. The monoisotopic (exact) mass is 392 g/mol. The number of amides is 1. The van der Waals surface area contributed by atoms with Gasteiger partial charge in [-0.1, -0.05) is 23.7 Å². The number of hydrogen-bond donors (Lipinski definition) is 1. The smallest absolute Gasteiger partial charge is 0.306 e. The van der Waals surface area contributed by atoms with E-state index in [1.807, 2.05) is 12.1 Å². The summed E-state index contributed by atoms with van der Waals surface area (Å²) in [6.45, 7) is -0.477. The van der Waals surface area contributed by atoms with Crippen LogP contribution in [-0.4, -0.2) is 30.5 Å². The molecule has 0 unspecified atom stereocenters. The van der Waals surface area contributed by atoms with Crippen LogP contribution < -0.4 is 10.1 Å². The van der Waals surface area contributed by atoms with Crippen LogP contribution in [0.1, 0.15) is 12.0 Å². The van der Waals surface area contributed by atoms with Crippen LogP contribution in [-0.2, 0) is 20.7 Å². The fourth-order valence-corrected chi connectivity index (χ4v) is 2.38. The zero-order chi connectivity index (χ0) is 19.8. The van der Waals surface area contributed by atoms with E-state index in [-0.39, 0.29) is 22.8 Å². The molecular weight excluding hydrogens is 376 g/mol. The first-order valence-electron chi connectivity index (χ1n) is 7.91. The average Bonchev–Trinajstić information content (AvgIpc) is 2.66. The molecule has 27 heavy (non-hydrogen) atoms. The summed E-state index contributed by atoms with van der Waals surface area (Å²) < 4.78 is 9.97. The third-order valence-corrected chi connectivity index (χ3v) is 3.89. The van der Waals surface area contributed by atoms with Gasteiger partial charge in [-0.15, -0.1) is 0 Å². The Morgan fingerprint density at radius 2 is 1.89 bits per heavy atom. The van der Waals surface area contributed by atoms with Crippen LogP contribution in [0.2, 0.25) is 5.02 Å². The van der Waals surface area contributed by atoms with Gasteiger partial charge in [-0.2, -0.15) is 0 Å². The van der Waals surface area contributed by atoms with Crippen LogP contribution in [0.5, 0.6) is 5.75 Å². The fourth-order valence-electron chi connectivity index (χ4n) is 2.16. The highest BCUT2D eigenvalue weighted by molar-refractivity contribution is 6.34. The van der Waals surface area contributed by atoms with Crippen LogP contribution in [0.25, 0.3) is 0 Å². The molecule has 0 bridgehead atoms. The Hall–Kier alpha value is -3.13. The summed E-state index contributed by atoms with van der Waals surface area (Å²) in [4.78, 5) is 33.7. The minimum absolute atomic E-state index is 0.0170. The molecular formula is C18H17ClN2O6. The van der Waals surface area contributed by atoms with Crippen LogP contribution in [0.3, 0.4) is 0 Å². The SMILES string of the molecule is COc1ccc(CCC(=O)OCC(=O)Nc2ccc([N+](=O)[O-])cc2Cl)cc1. The van der Waals surface area contributed by atoms with Crippen molar-refractivity contribution in [3.63, 3.8) is 0 Å². The van der Waals surface area contributed by atoms with Gasteiger partial charge in [0.15, 0.2) is 6.61 Å². The number of hydrogen-bond acceptors (Lipinski definition) is 6. The predicted molar refractivity (Wildman–Crippen MR) is 99.0 cm³/mol. The number of benzene rings is 2. The number of carbonyl (C=O) groups is 2. The average molecular weight is 393 g/mol. The number of methoxy groups -OCH3 is 1. The number of esters is 1. The van der Waals surface area contributed by atoms with Crippen molar-refractivity contribution >= 4 is 34.9 Å². The van der Waals surface area contributed by atoms with Gasteiger partial charge < -0.3 is 14.8 Å². The largest absolute Gasteiger partial charge is 0.497 e. The highest BCUT2D eigenvalue weighted by Crippen LogP contribution is 2.26. The van der Waals surface area contributed by atoms with E-state index in [0.717, 1.165) is 17.4 Å². The van der Waals surface area contributed by atoms with Crippen molar-refractivity contribution in [3.8, 4) is 5.75 Å². The number of non-ortho nitro benzene ring substituents is 1. The first kappa shape index (κ1) is 20.2. The molecule has 0 spiro atoms. The molecule has 0 aliphatic heterocycles. The first-order chi connectivity index (χ1) is 12.9. The van der Waals surface area contributed by atoms with Gasteiger partial charge in [0.2, 0.25) is 0 Å². The third-order valence-electron chi connectivity index (χ3n) is 3.58. The number of ether oxygens (including phenoxy) is 2. The predicted octanol–water partition coefficient (Wildman–Crippen LogP) is 3.37. The first-order valence-corrected chi connectivity index (χ1v) is 8.29. The van der Waals surface area contributed by atoms with Crippen molar-refractivity contribution in [1.82, 2.24) is 0 Å². The second-order valence-electron chi connectivity index (χ2n) is 5.48. The van der Waals surface area contributed by atoms with E-state index in [2.05, 4.69) is 5.32 Å². The highest BCUT2D eigenvalue weighted by Gasteiger charge is 2.13. The van der Waals surface area contributed by atoms with Gasteiger partial charge in [-0.25, -0.2) is 0 Å². The zero-order valence-corrected chi connectivity index (χ0v) is 15.2. The minimum atomic E-state index is -0.595. The lowest BCUT2D eigenvalue weighted by molar-refractivity contribution is -0.384. The molecule has 0 aliphatic rings. The second-order valence-corrected chi connectivity index (χ2v) is 5.89. The van der Waals surface area contributed by atoms with E-state index in [1.165, 1.54) is 12.1 Å². The molecule has 8 nitrogen and oxygen atoms in total. The standard InChI is InChI=1S/C18H17ClN2O6/c1-26-14-6-2-12(3-7-14)4-9-18(23)27-11-17(22)20-16-8-5-13(21(24)25)10-15(16)19/h2-3,5-8,10H,4,9,11H2,1H3,(H,20,22). The molecule has 2 rings (SSSR count). The number of rotatable bonds is 8. The number of aryl methyl sites for hydroxylation is 1. The van der Waals surface area contributed by atoms with E-state index in [0.29, 0.717) is 6.42 Å². The van der Waals surface area contributed by atoms with Crippen molar-refractivity contribution in [2.24, 2.45) is 0 Å². The fraction of sp³-hybridized carbons (Fsp3) is 0.222. The molecule has 0 saturated heterocycles. The van der Waals surface area contributed by atoms with Gasteiger partial charge in [0.05, 0.1) is 22.7 Å². The van der Waals surface area contributed by atoms with Crippen molar-refractivity contribution in [2.45, 2.75) is 12.8 Å². The summed E-state index contributed by atoms with van der Waals surface area (Å²) >= 11 is 5.88. The van der Waals surface area contributed by atoms with Crippen molar-refractivity contribution in [2.75, 3.05) is 19.0 Å². The van der Waals surface area contributed by atoms with Crippen LogP contribution >= 0.6 is 11.6 Å². The Morgan fingerprint density at radius 3 is 2.48 bits per heavy atom. The minimum Gasteiger partial charge on any atom is -0.497 e. The molecule has 0 aromatic heterocycles. The van der Waals surface area contributed by atoms with Crippen LogP contribution in [0, 0.1) is 10.1 Å². The van der Waals surface area contributed by atoms with E-state index in [4.69, 9.17) is 21.1 Å². The van der Waals surface area contributed by atoms with Gasteiger partial charge in [-0.05, 0) is 30.2 Å². The number of nitrogens with one attached hydrogen (secondary N) is 1. The summed E-state index contributed by atoms with van der Waals surface area (Å²) in [5.74, 6) is -0.387.